The molecule has 0 radical (unpaired) electrons. The molecule has 1 rings (SSSR count). The summed E-state index contributed by atoms with van der Waals surface area (Å²) in [5, 5.41) is 21.0. The fraction of sp³-hybridized carbons (Fsp3) is 0.200. The van der Waals surface area contributed by atoms with Crippen LogP contribution in [0, 0.1) is 6.92 Å². The number of hydrogen-bond donors (Lipinski definition) is 0. The fourth-order valence-corrected chi connectivity index (χ4v) is 1.13. The summed E-state index contributed by atoms with van der Waals surface area (Å²) < 4.78 is 0. The minimum atomic E-state index is -1.70. The van der Waals surface area contributed by atoms with Crippen molar-refractivity contribution in [2.75, 3.05) is 0 Å². The summed E-state index contributed by atoms with van der Waals surface area (Å²) in [5.74, 6) is -5.02. The van der Waals surface area contributed by atoms with Gasteiger partial charge in [0.1, 0.15) is 0 Å². The molecule has 0 aromatic heterocycles. The van der Waals surface area contributed by atoms with E-state index in [0.717, 1.165) is 5.56 Å². The van der Waals surface area contributed by atoms with Crippen molar-refractivity contribution in [1.29, 1.82) is 0 Å². The molecule has 6 heteroatoms. The molecule has 0 aliphatic carbocycles. The Kier molecular flexibility index (Phi) is 11.6. The molecule has 0 spiro atoms. The number of rotatable bonds is 3. The van der Waals surface area contributed by atoms with Crippen molar-refractivity contribution in [2.24, 2.45) is 0 Å². The van der Waals surface area contributed by atoms with Crippen LogP contribution in [-0.4, -0.2) is 11.9 Å². The van der Waals surface area contributed by atoms with Gasteiger partial charge >= 0.3 is 103 Å². The van der Waals surface area contributed by atoms with E-state index in [1.54, 1.807) is 12.1 Å². The first-order valence-corrected chi connectivity index (χ1v) is 4.00. The standard InChI is InChI=1S/C10H10O4.2K/c1-6-2-4-7(5-3-6)8(9(11)12)10(13)14;;/h2-5,8H,1H3,(H,11,12)(H,13,14);;/q;2*+1/p-2. The summed E-state index contributed by atoms with van der Waals surface area (Å²) >= 11 is 0. The Bertz CT molecular complexity index is 348. The van der Waals surface area contributed by atoms with Gasteiger partial charge in [-0.3, -0.25) is 0 Å². The van der Waals surface area contributed by atoms with Gasteiger partial charge in [0, 0.05) is 0 Å². The summed E-state index contributed by atoms with van der Waals surface area (Å²) in [4.78, 5) is 21.0. The Morgan fingerprint density at radius 2 is 1.38 bits per heavy atom. The van der Waals surface area contributed by atoms with E-state index < -0.39 is 17.9 Å². The van der Waals surface area contributed by atoms with E-state index in [0.29, 0.717) is 0 Å². The van der Waals surface area contributed by atoms with Gasteiger partial charge in [0.05, 0.1) is 17.9 Å². The molecular weight excluding hydrogens is 262 g/mol. The summed E-state index contributed by atoms with van der Waals surface area (Å²) in [6.45, 7) is 1.82. The molecule has 0 saturated carbocycles. The van der Waals surface area contributed by atoms with Crippen molar-refractivity contribution in [3.63, 3.8) is 0 Å². The molecule has 0 amide bonds. The zero-order chi connectivity index (χ0) is 10.7. The molecule has 4 nitrogen and oxygen atoms in total. The largest absolute Gasteiger partial charge is 1.00 e. The zero-order valence-corrected chi connectivity index (χ0v) is 15.8. The quantitative estimate of drug-likeness (QED) is 0.404. The SMILES string of the molecule is Cc1ccc(C(C(=O)[O-])C(=O)[O-])cc1.[K+].[K+]. The van der Waals surface area contributed by atoms with Crippen LogP contribution in [0.25, 0.3) is 0 Å². The van der Waals surface area contributed by atoms with E-state index in [4.69, 9.17) is 0 Å². The zero-order valence-electron chi connectivity index (χ0n) is 9.52. The number of aryl methyl sites for hydroxylation is 1. The van der Waals surface area contributed by atoms with Crippen molar-refractivity contribution < 1.29 is 123 Å². The first-order valence-electron chi connectivity index (χ1n) is 4.00. The third-order valence-corrected chi connectivity index (χ3v) is 1.88. The van der Waals surface area contributed by atoms with E-state index in [1.807, 2.05) is 6.92 Å². The molecule has 0 aliphatic heterocycles. The first-order chi connectivity index (χ1) is 6.52. The van der Waals surface area contributed by atoms with Crippen LogP contribution in [0.2, 0.25) is 0 Å². The normalized spacial score (nSPS) is 8.88. The van der Waals surface area contributed by atoms with E-state index in [-0.39, 0.29) is 108 Å². The van der Waals surface area contributed by atoms with Gasteiger partial charge < -0.3 is 19.8 Å². The van der Waals surface area contributed by atoms with E-state index >= 15 is 0 Å². The van der Waals surface area contributed by atoms with Gasteiger partial charge in [-0.2, -0.15) is 0 Å². The minimum absolute atomic E-state index is 0. The molecule has 0 saturated heterocycles. The first kappa shape index (κ1) is 19.8. The van der Waals surface area contributed by atoms with Crippen molar-refractivity contribution in [3.8, 4) is 0 Å². The van der Waals surface area contributed by atoms with Gasteiger partial charge in [0.25, 0.3) is 0 Å². The van der Waals surface area contributed by atoms with Crippen molar-refractivity contribution in [2.45, 2.75) is 12.8 Å². The van der Waals surface area contributed by atoms with Crippen LogP contribution < -0.4 is 113 Å². The number of hydrogen-bond acceptors (Lipinski definition) is 4. The van der Waals surface area contributed by atoms with Gasteiger partial charge in [-0.05, 0) is 12.5 Å². The Hall–Kier alpha value is 1.43. The van der Waals surface area contributed by atoms with Crippen molar-refractivity contribution in [1.82, 2.24) is 0 Å². The molecular formula is C10H8K2O4. The van der Waals surface area contributed by atoms with Gasteiger partial charge in [0.15, 0.2) is 0 Å². The summed E-state index contributed by atoms with van der Waals surface area (Å²) in [7, 11) is 0. The Morgan fingerprint density at radius 1 is 1.00 bits per heavy atom. The molecule has 0 heterocycles. The van der Waals surface area contributed by atoms with Crippen LogP contribution in [0.4, 0.5) is 0 Å². The second kappa shape index (κ2) is 9.37. The second-order valence-electron chi connectivity index (χ2n) is 2.98. The topological polar surface area (TPSA) is 80.3 Å². The second-order valence-corrected chi connectivity index (χ2v) is 2.98. The maximum absolute atomic E-state index is 10.5. The van der Waals surface area contributed by atoms with E-state index in [9.17, 15) is 19.8 Å². The smallest absolute Gasteiger partial charge is 0.549 e. The molecule has 0 fully saturated rings. The average Bonchev–Trinajstić information content (AvgIpc) is 2.07. The van der Waals surface area contributed by atoms with Gasteiger partial charge in [-0.15, -0.1) is 0 Å². The van der Waals surface area contributed by atoms with E-state index in [2.05, 4.69) is 0 Å². The minimum Gasteiger partial charge on any atom is -0.549 e. The molecule has 74 valence electrons. The number of carbonyl (C=O) groups excluding carboxylic acids is 2. The molecule has 0 bridgehead atoms. The molecule has 1 aromatic rings. The Morgan fingerprint density at radius 3 is 1.69 bits per heavy atom. The summed E-state index contributed by atoms with van der Waals surface area (Å²) in [6, 6.07) is 6.14. The van der Waals surface area contributed by atoms with Crippen LogP contribution in [0.5, 0.6) is 0 Å². The van der Waals surface area contributed by atoms with Crippen molar-refractivity contribution in [3.05, 3.63) is 35.4 Å². The maximum atomic E-state index is 10.5. The van der Waals surface area contributed by atoms with E-state index in [1.165, 1.54) is 12.1 Å². The van der Waals surface area contributed by atoms with Gasteiger partial charge in [-0.25, -0.2) is 0 Å². The number of aliphatic carboxylic acids is 2. The molecule has 0 aliphatic rings. The van der Waals surface area contributed by atoms with Crippen LogP contribution in [0.15, 0.2) is 24.3 Å². The average molecular weight is 270 g/mol. The van der Waals surface area contributed by atoms with Crippen LogP contribution in [0.1, 0.15) is 17.0 Å². The molecule has 16 heavy (non-hydrogen) atoms. The Labute approximate surface area is 179 Å². The predicted octanol–water partition coefficient (Wildman–Crippen LogP) is -7.41. The van der Waals surface area contributed by atoms with Crippen molar-refractivity contribution >= 4 is 11.9 Å². The molecule has 0 N–H and O–H groups in total. The number of carboxylic acids is 2. The maximum Gasteiger partial charge on any atom is 1.00 e. The molecule has 0 unspecified atom stereocenters. The third kappa shape index (κ3) is 5.85. The predicted molar refractivity (Wildman–Crippen MR) is 43.9 cm³/mol. The fourth-order valence-electron chi connectivity index (χ4n) is 1.13. The number of carbonyl (C=O) groups is 2. The van der Waals surface area contributed by atoms with Crippen LogP contribution in [0.3, 0.4) is 0 Å². The van der Waals surface area contributed by atoms with Gasteiger partial charge in [0.2, 0.25) is 0 Å². The summed E-state index contributed by atoms with van der Waals surface area (Å²) in [6.07, 6.45) is 0. The third-order valence-electron chi connectivity index (χ3n) is 1.88. The Balaban J connectivity index is 0. The van der Waals surface area contributed by atoms with Gasteiger partial charge in [-0.1, -0.05) is 29.8 Å². The van der Waals surface area contributed by atoms with Crippen LogP contribution in [-0.2, 0) is 9.59 Å². The number of benzene rings is 1. The molecule has 1 aromatic carbocycles. The monoisotopic (exact) mass is 270 g/mol. The van der Waals surface area contributed by atoms with Crippen LogP contribution >= 0.6 is 0 Å². The summed E-state index contributed by atoms with van der Waals surface area (Å²) in [5.41, 5.74) is 1.08. The molecule has 0 atom stereocenters. The number of carboxylic acid groups (broad SMARTS) is 2.